The Morgan fingerprint density at radius 2 is 2.00 bits per heavy atom. The van der Waals surface area contributed by atoms with Crippen LogP contribution in [-0.2, 0) is 4.79 Å². The highest BCUT2D eigenvalue weighted by atomic mass is 19.3. The van der Waals surface area contributed by atoms with Crippen LogP contribution in [0.3, 0.4) is 0 Å². The Balaban J connectivity index is 2.75. The lowest BCUT2D eigenvalue weighted by atomic mass is 10.1. The third kappa shape index (κ3) is 4.08. The van der Waals surface area contributed by atoms with Gasteiger partial charge in [-0.3, -0.25) is 4.79 Å². The number of nitrogens with one attached hydrogen (secondary N) is 1. The minimum atomic E-state index is -2.63. The molecule has 3 N–H and O–H groups in total. The Morgan fingerprint density at radius 3 is 2.53 bits per heavy atom. The number of nitrogen functional groups attached to an aromatic ring is 1. The minimum Gasteiger partial charge on any atom is -0.399 e. The van der Waals surface area contributed by atoms with Gasteiger partial charge >= 0.3 is 0 Å². The van der Waals surface area contributed by atoms with E-state index in [-0.39, 0.29) is 29.4 Å². The largest absolute Gasteiger partial charge is 0.399 e. The van der Waals surface area contributed by atoms with Gasteiger partial charge in [-0.2, -0.15) is 0 Å². The summed E-state index contributed by atoms with van der Waals surface area (Å²) in [5.41, 5.74) is 5.80. The summed E-state index contributed by atoms with van der Waals surface area (Å²) >= 11 is 0. The molecule has 4 nitrogen and oxygen atoms in total. The van der Waals surface area contributed by atoms with Crippen molar-refractivity contribution in [1.82, 2.24) is 4.90 Å². The number of amides is 1. The first-order valence-corrected chi connectivity index (χ1v) is 6.18. The van der Waals surface area contributed by atoms with Gasteiger partial charge in [0.2, 0.25) is 5.91 Å². The van der Waals surface area contributed by atoms with Crippen molar-refractivity contribution in [3.8, 4) is 0 Å². The first-order chi connectivity index (χ1) is 8.99. The van der Waals surface area contributed by atoms with Gasteiger partial charge in [-0.1, -0.05) is 0 Å². The summed E-state index contributed by atoms with van der Waals surface area (Å²) < 4.78 is 25.7. The molecule has 0 aliphatic rings. The number of hydrogen-bond acceptors (Lipinski definition) is 3. The van der Waals surface area contributed by atoms with Crippen LogP contribution >= 0.6 is 0 Å². The van der Waals surface area contributed by atoms with Crippen molar-refractivity contribution in [2.75, 3.05) is 30.7 Å². The Kier molecular flexibility index (Phi) is 5.54. The molecule has 0 unspecified atom stereocenters. The third-order valence-electron chi connectivity index (χ3n) is 2.86. The molecule has 1 amide bonds. The van der Waals surface area contributed by atoms with Crippen molar-refractivity contribution < 1.29 is 13.6 Å². The second kappa shape index (κ2) is 6.92. The maximum absolute atomic E-state index is 12.8. The second-order valence-corrected chi connectivity index (χ2v) is 4.07. The van der Waals surface area contributed by atoms with E-state index in [2.05, 4.69) is 5.32 Å². The molecule has 106 valence electrons. The average molecular weight is 271 g/mol. The van der Waals surface area contributed by atoms with E-state index < -0.39 is 6.43 Å². The zero-order valence-corrected chi connectivity index (χ0v) is 11.1. The van der Waals surface area contributed by atoms with Crippen molar-refractivity contribution in [3.05, 3.63) is 23.8 Å². The highest BCUT2D eigenvalue weighted by Crippen LogP contribution is 2.28. The lowest BCUT2D eigenvalue weighted by molar-refractivity contribution is -0.128. The van der Waals surface area contributed by atoms with Gasteiger partial charge in [0.25, 0.3) is 6.43 Å². The van der Waals surface area contributed by atoms with Crippen LogP contribution in [0.4, 0.5) is 20.2 Å². The van der Waals surface area contributed by atoms with E-state index in [1.165, 1.54) is 18.2 Å². The van der Waals surface area contributed by atoms with E-state index in [9.17, 15) is 13.6 Å². The van der Waals surface area contributed by atoms with E-state index >= 15 is 0 Å². The standard InChI is InChI=1S/C13H19F2N3O/c1-3-18(4-2)12(19)8-17-11-6-5-9(16)7-10(11)13(14)15/h5-7,13,17H,3-4,8,16H2,1-2H3. The van der Waals surface area contributed by atoms with Crippen LogP contribution in [0.25, 0.3) is 0 Å². The molecular formula is C13H19F2N3O. The molecule has 0 radical (unpaired) electrons. The fraction of sp³-hybridized carbons (Fsp3) is 0.462. The first-order valence-electron chi connectivity index (χ1n) is 6.18. The molecule has 0 saturated carbocycles. The SMILES string of the molecule is CCN(CC)C(=O)CNc1ccc(N)cc1C(F)F. The van der Waals surface area contributed by atoms with Gasteiger partial charge in [0.1, 0.15) is 0 Å². The fourth-order valence-corrected chi connectivity index (χ4v) is 1.78. The molecule has 0 atom stereocenters. The summed E-state index contributed by atoms with van der Waals surface area (Å²) in [6.07, 6.45) is -2.63. The molecule has 0 aliphatic heterocycles. The summed E-state index contributed by atoms with van der Waals surface area (Å²) in [6.45, 7) is 4.93. The number of alkyl halides is 2. The number of nitrogens with zero attached hydrogens (tertiary/aromatic N) is 1. The number of carbonyl (C=O) groups is 1. The van der Waals surface area contributed by atoms with Gasteiger partial charge in [-0.25, -0.2) is 8.78 Å². The number of hydrogen-bond donors (Lipinski definition) is 2. The van der Waals surface area contributed by atoms with E-state index in [0.717, 1.165) is 0 Å². The minimum absolute atomic E-state index is 0.00861. The lowest BCUT2D eigenvalue weighted by Crippen LogP contribution is -2.35. The van der Waals surface area contributed by atoms with E-state index in [1.54, 1.807) is 4.90 Å². The van der Waals surface area contributed by atoms with Crippen molar-refractivity contribution in [2.24, 2.45) is 0 Å². The van der Waals surface area contributed by atoms with E-state index in [4.69, 9.17) is 5.73 Å². The topological polar surface area (TPSA) is 58.4 Å². The highest BCUT2D eigenvalue weighted by Gasteiger charge is 2.15. The Hall–Kier alpha value is -1.85. The molecule has 0 aliphatic carbocycles. The summed E-state index contributed by atoms with van der Waals surface area (Å²) in [5, 5.41) is 2.74. The number of nitrogens with two attached hydrogens (primary N) is 1. The monoisotopic (exact) mass is 271 g/mol. The van der Waals surface area contributed by atoms with Crippen LogP contribution in [0.1, 0.15) is 25.8 Å². The number of likely N-dealkylation sites (N-methyl/N-ethyl adjacent to an activating group) is 1. The first kappa shape index (κ1) is 15.2. The van der Waals surface area contributed by atoms with Gasteiger partial charge in [-0.05, 0) is 32.0 Å². The Morgan fingerprint density at radius 1 is 1.37 bits per heavy atom. The number of rotatable bonds is 6. The average Bonchev–Trinajstić information content (AvgIpc) is 2.38. The zero-order chi connectivity index (χ0) is 14.4. The van der Waals surface area contributed by atoms with E-state index in [1.807, 2.05) is 13.8 Å². The zero-order valence-electron chi connectivity index (χ0n) is 11.1. The molecule has 0 heterocycles. The van der Waals surface area contributed by atoms with Crippen molar-refractivity contribution in [2.45, 2.75) is 20.3 Å². The van der Waals surface area contributed by atoms with E-state index in [0.29, 0.717) is 13.1 Å². The Labute approximate surface area is 111 Å². The number of carbonyl (C=O) groups excluding carboxylic acids is 1. The van der Waals surface area contributed by atoms with Crippen LogP contribution in [-0.4, -0.2) is 30.4 Å². The second-order valence-electron chi connectivity index (χ2n) is 4.07. The van der Waals surface area contributed by atoms with Gasteiger partial charge < -0.3 is 16.0 Å². The maximum atomic E-state index is 12.8. The van der Waals surface area contributed by atoms with Crippen molar-refractivity contribution in [1.29, 1.82) is 0 Å². The number of anilines is 2. The molecule has 0 saturated heterocycles. The molecule has 0 spiro atoms. The molecular weight excluding hydrogens is 252 g/mol. The lowest BCUT2D eigenvalue weighted by Gasteiger charge is -2.20. The van der Waals surface area contributed by atoms with Gasteiger partial charge in [0.15, 0.2) is 0 Å². The molecule has 1 rings (SSSR count). The van der Waals surface area contributed by atoms with Crippen LogP contribution in [0.5, 0.6) is 0 Å². The molecule has 6 heteroatoms. The third-order valence-corrected chi connectivity index (χ3v) is 2.86. The van der Waals surface area contributed by atoms with Gasteiger partial charge in [0, 0.05) is 30.0 Å². The van der Waals surface area contributed by atoms with Crippen LogP contribution in [0.15, 0.2) is 18.2 Å². The quantitative estimate of drug-likeness (QED) is 0.781. The van der Waals surface area contributed by atoms with Crippen LogP contribution in [0, 0.1) is 0 Å². The summed E-state index contributed by atoms with van der Waals surface area (Å²) in [4.78, 5) is 13.4. The van der Waals surface area contributed by atoms with Crippen molar-refractivity contribution >= 4 is 17.3 Å². The van der Waals surface area contributed by atoms with Crippen molar-refractivity contribution in [3.63, 3.8) is 0 Å². The summed E-state index contributed by atoms with van der Waals surface area (Å²) in [5.74, 6) is -0.123. The predicted octanol–water partition coefficient (Wildman–Crippen LogP) is 2.49. The Bertz CT molecular complexity index is 434. The molecule has 1 aromatic rings. The molecule has 0 fully saturated rings. The smallest absolute Gasteiger partial charge is 0.265 e. The summed E-state index contributed by atoms with van der Waals surface area (Å²) in [7, 11) is 0. The molecule has 0 bridgehead atoms. The van der Waals surface area contributed by atoms with Gasteiger partial charge in [0.05, 0.1) is 6.54 Å². The fourth-order valence-electron chi connectivity index (χ4n) is 1.78. The van der Waals surface area contributed by atoms with Crippen LogP contribution < -0.4 is 11.1 Å². The number of halogens is 2. The highest BCUT2D eigenvalue weighted by molar-refractivity contribution is 5.81. The molecule has 19 heavy (non-hydrogen) atoms. The maximum Gasteiger partial charge on any atom is 0.265 e. The number of benzene rings is 1. The molecule has 1 aromatic carbocycles. The normalized spacial score (nSPS) is 10.6. The summed E-state index contributed by atoms with van der Waals surface area (Å²) in [6, 6.07) is 4.21. The van der Waals surface area contributed by atoms with Crippen LogP contribution in [0.2, 0.25) is 0 Å². The molecule has 0 aromatic heterocycles. The van der Waals surface area contributed by atoms with Gasteiger partial charge in [-0.15, -0.1) is 0 Å². The predicted molar refractivity (Wildman–Crippen MR) is 72.2 cm³/mol.